The van der Waals surface area contributed by atoms with Crippen LogP contribution in [0.2, 0.25) is 9.36 Å². The predicted molar refractivity (Wildman–Crippen MR) is 149 cm³/mol. The highest BCUT2D eigenvalue weighted by Crippen LogP contribution is 2.34. The van der Waals surface area contributed by atoms with E-state index in [1.165, 1.54) is 4.88 Å². The SMILES string of the molecule is C[C@H](NC(=O)[C@H]1C[C@H](Cc2cc(Br)c(Cl)s2)CN1)C(=O)NCc1cnc2c(c1)c(Cl)cn2C.O=C(O)C(F)(F)F. The monoisotopic (exact) mass is 685 g/mol. The Labute approximate surface area is 249 Å². The fraction of sp³-hybridized carbons (Fsp3) is 0.417. The zero-order valence-corrected chi connectivity index (χ0v) is 25.0. The van der Waals surface area contributed by atoms with Crippen LogP contribution >= 0.6 is 50.5 Å². The Bertz CT molecular complexity index is 1380. The number of pyridine rings is 1. The van der Waals surface area contributed by atoms with Gasteiger partial charge in [0.2, 0.25) is 11.8 Å². The van der Waals surface area contributed by atoms with Crippen molar-refractivity contribution in [2.45, 2.75) is 44.6 Å². The quantitative estimate of drug-likeness (QED) is 0.286. The summed E-state index contributed by atoms with van der Waals surface area (Å²) < 4.78 is 35.2. The van der Waals surface area contributed by atoms with Gasteiger partial charge in [0, 0.05) is 40.7 Å². The number of carboxylic acids is 1. The van der Waals surface area contributed by atoms with Crippen LogP contribution in [-0.2, 0) is 34.4 Å². The zero-order valence-electron chi connectivity index (χ0n) is 21.1. The van der Waals surface area contributed by atoms with Gasteiger partial charge in [0.25, 0.3) is 0 Å². The normalized spacial score (nSPS) is 17.7. The summed E-state index contributed by atoms with van der Waals surface area (Å²) in [5, 5.41) is 17.5. The summed E-state index contributed by atoms with van der Waals surface area (Å²) in [6.45, 7) is 2.74. The molecule has 1 saturated heterocycles. The number of aryl methyl sites for hydroxylation is 1. The predicted octanol–water partition coefficient (Wildman–Crippen LogP) is 4.68. The van der Waals surface area contributed by atoms with Gasteiger partial charge < -0.3 is 25.6 Å². The number of hydrogen-bond acceptors (Lipinski definition) is 6. The molecule has 2 amide bonds. The third kappa shape index (κ3) is 8.56. The van der Waals surface area contributed by atoms with Crippen molar-refractivity contribution in [2.75, 3.05) is 6.54 Å². The van der Waals surface area contributed by atoms with E-state index in [9.17, 15) is 22.8 Å². The molecule has 218 valence electrons. The minimum absolute atomic E-state index is 0.162. The first-order chi connectivity index (χ1) is 18.6. The molecule has 0 bridgehead atoms. The number of carbonyl (C=O) groups excluding carboxylic acids is 2. The summed E-state index contributed by atoms with van der Waals surface area (Å²) in [7, 11) is 1.88. The van der Waals surface area contributed by atoms with Crippen LogP contribution in [0.3, 0.4) is 0 Å². The first-order valence-corrected chi connectivity index (χ1v) is 14.2. The van der Waals surface area contributed by atoms with Gasteiger partial charge >= 0.3 is 12.1 Å². The smallest absolute Gasteiger partial charge is 0.475 e. The number of alkyl halides is 3. The maximum absolute atomic E-state index is 12.7. The van der Waals surface area contributed by atoms with Gasteiger partial charge in [-0.25, -0.2) is 9.78 Å². The molecule has 0 aromatic carbocycles. The Morgan fingerprint density at radius 3 is 2.60 bits per heavy atom. The molecule has 0 aliphatic carbocycles. The van der Waals surface area contributed by atoms with Crippen LogP contribution in [0.5, 0.6) is 0 Å². The van der Waals surface area contributed by atoms with Crippen LogP contribution in [0.4, 0.5) is 13.2 Å². The van der Waals surface area contributed by atoms with Crippen molar-refractivity contribution in [3.05, 3.63) is 48.8 Å². The lowest BCUT2D eigenvalue weighted by molar-refractivity contribution is -0.192. The minimum atomic E-state index is -5.08. The topological polar surface area (TPSA) is 125 Å². The van der Waals surface area contributed by atoms with Gasteiger partial charge in [0.15, 0.2) is 0 Å². The molecular formula is C24H25BrCl2F3N5O4S. The number of carbonyl (C=O) groups is 3. The average molecular weight is 687 g/mol. The summed E-state index contributed by atoms with van der Waals surface area (Å²) in [5.41, 5.74) is 1.62. The molecule has 0 spiro atoms. The number of aromatic nitrogens is 2. The van der Waals surface area contributed by atoms with Crippen LogP contribution < -0.4 is 16.0 Å². The second-order valence-corrected chi connectivity index (χ2v) is 12.2. The number of hydrogen-bond donors (Lipinski definition) is 4. The molecular weight excluding hydrogens is 662 g/mol. The second kappa shape index (κ2) is 13.5. The number of nitrogens with zero attached hydrogens (tertiary/aromatic N) is 2. The molecule has 4 N–H and O–H groups in total. The number of halogens is 6. The number of nitrogens with one attached hydrogen (secondary N) is 3. The summed E-state index contributed by atoms with van der Waals surface area (Å²) in [6, 6.07) is 2.99. The fourth-order valence-electron chi connectivity index (χ4n) is 4.02. The highest BCUT2D eigenvalue weighted by Gasteiger charge is 2.38. The van der Waals surface area contributed by atoms with Crippen LogP contribution in [-0.4, -0.2) is 57.2 Å². The maximum atomic E-state index is 12.7. The Morgan fingerprint density at radius 2 is 2.00 bits per heavy atom. The van der Waals surface area contributed by atoms with Crippen molar-refractivity contribution < 1.29 is 32.7 Å². The Balaban J connectivity index is 0.000000559. The Hall–Kier alpha value is -2.39. The fourth-order valence-corrected chi connectivity index (χ4v) is 6.21. The lowest BCUT2D eigenvalue weighted by Gasteiger charge is -2.17. The van der Waals surface area contributed by atoms with Crippen molar-refractivity contribution in [2.24, 2.45) is 13.0 Å². The number of aliphatic carboxylic acids is 1. The number of fused-ring (bicyclic) bond motifs is 1. The van der Waals surface area contributed by atoms with Gasteiger partial charge in [-0.2, -0.15) is 13.2 Å². The van der Waals surface area contributed by atoms with Gasteiger partial charge in [0.1, 0.15) is 16.0 Å². The summed E-state index contributed by atoms with van der Waals surface area (Å²) in [5.74, 6) is -2.83. The molecule has 4 rings (SSSR count). The highest BCUT2D eigenvalue weighted by atomic mass is 79.9. The number of carboxylic acid groups (broad SMARTS) is 1. The third-order valence-corrected chi connectivity index (χ3v) is 8.81. The average Bonchev–Trinajstić information content (AvgIpc) is 3.55. The van der Waals surface area contributed by atoms with Crippen LogP contribution in [0, 0.1) is 5.92 Å². The van der Waals surface area contributed by atoms with Crippen LogP contribution in [0.15, 0.2) is 29.0 Å². The lowest BCUT2D eigenvalue weighted by atomic mass is 10.0. The zero-order chi connectivity index (χ0) is 29.8. The molecule has 0 radical (unpaired) electrons. The first-order valence-electron chi connectivity index (χ1n) is 11.8. The van der Waals surface area contributed by atoms with E-state index >= 15 is 0 Å². The molecule has 0 saturated carbocycles. The molecule has 3 aromatic heterocycles. The molecule has 3 aromatic rings. The van der Waals surface area contributed by atoms with Crippen LogP contribution in [0.1, 0.15) is 23.8 Å². The summed E-state index contributed by atoms with van der Waals surface area (Å²) in [6.07, 6.45) is 0.0167. The van der Waals surface area contributed by atoms with Gasteiger partial charge in [-0.3, -0.25) is 9.59 Å². The van der Waals surface area contributed by atoms with Gasteiger partial charge in [-0.05, 0) is 65.9 Å². The number of rotatable bonds is 7. The number of amides is 2. The van der Waals surface area contributed by atoms with E-state index in [-0.39, 0.29) is 17.9 Å². The molecule has 16 heteroatoms. The second-order valence-electron chi connectivity index (χ2n) is 9.15. The molecule has 1 fully saturated rings. The van der Waals surface area contributed by atoms with Crippen molar-refractivity contribution in [3.63, 3.8) is 0 Å². The van der Waals surface area contributed by atoms with Gasteiger partial charge in [-0.1, -0.05) is 23.2 Å². The Morgan fingerprint density at radius 1 is 1.32 bits per heavy atom. The van der Waals surface area contributed by atoms with E-state index in [1.54, 1.807) is 30.7 Å². The maximum Gasteiger partial charge on any atom is 0.490 e. The standard InChI is InChI=1S/C22H24BrCl2N5O2S.C2HF3O2/c1-11(21(31)28-9-13-4-15-17(24)10-30(2)20(15)27-8-13)29-22(32)18-5-12(7-26-18)3-14-6-16(23)19(25)33-14;3-2(4,5)1(6)7/h4,6,8,10-12,18,26H,3,5,7,9H2,1-2H3,(H,28,31)(H,29,32);(H,6,7)/t11-,12-,18+;/m0./s1. The van der Waals surface area contributed by atoms with E-state index in [4.69, 9.17) is 33.1 Å². The van der Waals surface area contributed by atoms with E-state index < -0.39 is 18.2 Å². The summed E-state index contributed by atoms with van der Waals surface area (Å²) >= 11 is 17.3. The number of thiophene rings is 1. The van der Waals surface area contributed by atoms with E-state index in [0.29, 0.717) is 17.5 Å². The molecule has 3 atom stereocenters. The largest absolute Gasteiger partial charge is 0.490 e. The minimum Gasteiger partial charge on any atom is -0.475 e. The molecule has 1 aliphatic heterocycles. The van der Waals surface area contributed by atoms with Crippen LogP contribution in [0.25, 0.3) is 11.0 Å². The molecule has 40 heavy (non-hydrogen) atoms. The van der Waals surface area contributed by atoms with Crippen molar-refractivity contribution >= 4 is 79.3 Å². The Kier molecular flexibility index (Phi) is 10.9. The van der Waals surface area contributed by atoms with Gasteiger partial charge in [0.05, 0.1) is 11.1 Å². The molecule has 0 unspecified atom stereocenters. The van der Waals surface area contributed by atoms with Crippen molar-refractivity contribution in [1.29, 1.82) is 0 Å². The molecule has 9 nitrogen and oxygen atoms in total. The summed E-state index contributed by atoms with van der Waals surface area (Å²) in [4.78, 5) is 39.7. The first kappa shape index (κ1) is 32.1. The van der Waals surface area contributed by atoms with Crippen molar-refractivity contribution in [1.82, 2.24) is 25.5 Å². The van der Waals surface area contributed by atoms with E-state index in [0.717, 1.165) is 44.8 Å². The van der Waals surface area contributed by atoms with E-state index in [2.05, 4.69) is 36.9 Å². The lowest BCUT2D eigenvalue weighted by Crippen LogP contribution is -2.49. The van der Waals surface area contributed by atoms with Crippen molar-refractivity contribution in [3.8, 4) is 0 Å². The van der Waals surface area contributed by atoms with E-state index in [1.807, 2.05) is 23.7 Å². The van der Waals surface area contributed by atoms with Gasteiger partial charge in [-0.15, -0.1) is 11.3 Å². The molecule has 1 aliphatic rings. The molecule has 4 heterocycles. The highest BCUT2D eigenvalue weighted by molar-refractivity contribution is 9.10. The third-order valence-electron chi connectivity index (χ3n) is 6.01.